The average Bonchev–Trinajstić information content (AvgIpc) is 0.977. The van der Waals surface area contributed by atoms with Gasteiger partial charge in [-0.25, -0.2) is 87.8 Å². The van der Waals surface area contributed by atoms with Crippen molar-refractivity contribution in [1.82, 2.24) is 46.7 Å². The minimum absolute atomic E-state index is 0.0864. The van der Waals surface area contributed by atoms with Gasteiger partial charge in [-0.2, -0.15) is 0 Å². The predicted octanol–water partition coefficient (Wildman–Crippen LogP) is 17.2. The fraction of sp³-hybridized carbons (Fsp3) is 1.00. The molecule has 49 heteroatoms. The summed E-state index contributed by atoms with van der Waals surface area (Å²) in [6, 6.07) is 0. The normalized spacial score (nSPS) is 37.9. The fourth-order valence-corrected chi connectivity index (χ4v) is 36.1. The van der Waals surface area contributed by atoms with E-state index in [1.165, 1.54) is 0 Å². The maximum atomic E-state index is 13.3. The lowest BCUT2D eigenvalue weighted by atomic mass is 9.87. The van der Waals surface area contributed by atoms with E-state index < -0.39 is 77.2 Å². The zero-order valence-corrected chi connectivity index (χ0v) is 87.3. The number of piperazine rings is 4. The summed E-state index contributed by atoms with van der Waals surface area (Å²) >= 11 is 0. The lowest BCUT2D eigenvalue weighted by Gasteiger charge is -2.45. The zero-order chi connectivity index (χ0) is 91.7. The second-order valence-electron chi connectivity index (χ2n) is 42.4. The summed E-state index contributed by atoms with van der Waals surface area (Å²) in [7, 11) is -32.1. The Labute approximate surface area is 745 Å². The molecule has 15 saturated heterocycles. The van der Waals surface area contributed by atoms with E-state index >= 15 is 0 Å². The van der Waals surface area contributed by atoms with E-state index in [4.69, 9.17) is 86.0 Å². The topological polar surface area (TPSA) is 378 Å². The number of rotatable bonds is 13. The summed E-state index contributed by atoms with van der Waals surface area (Å²) in [5, 5.41) is 0. The van der Waals surface area contributed by atoms with Gasteiger partial charge in [0.05, 0.1) is 126 Å². The highest BCUT2D eigenvalue weighted by Crippen LogP contribution is 2.67. The first-order valence-corrected chi connectivity index (χ1v) is 59.9. The molecule has 0 amide bonds. The van der Waals surface area contributed by atoms with E-state index in [0.717, 1.165) is 32.1 Å². The molecule has 0 aromatic carbocycles. The van der Waals surface area contributed by atoms with E-state index in [1.807, 2.05) is 87.8 Å². The van der Waals surface area contributed by atoms with E-state index in [2.05, 4.69) is 55.4 Å². The summed E-state index contributed by atoms with van der Waals surface area (Å²) in [6.45, 7) is 58.7. The Morgan fingerprint density at radius 1 is 0.192 bits per heavy atom. The van der Waals surface area contributed by atoms with Gasteiger partial charge in [0.2, 0.25) is 0 Å². The first-order valence-electron chi connectivity index (χ1n) is 44.7. The fourth-order valence-electron chi connectivity index (χ4n) is 14.8. The van der Waals surface area contributed by atoms with Crippen molar-refractivity contribution in [2.75, 3.05) is 263 Å². The van der Waals surface area contributed by atoms with Crippen LogP contribution in [0.3, 0.4) is 0 Å². The van der Waals surface area contributed by atoms with Gasteiger partial charge >= 0.3 is 69.7 Å². The number of hydrogen-bond acceptors (Lipinski definition) is 29. The minimum Gasteiger partial charge on any atom is -0.317 e. The standard InChI is InChI=1S/C16H32N2O6P2.C16H32N2O5P2.2C15H30N2O6P2.C14H28N2O6P2/c1-5-15(3)11-21-25(19,22-12-15)17-7-9-18(10-8-17)26(20)23-13-16(4,6-2)14-24-26;1-15(2)5-11-21-24(19,12-6-15)17-7-9-18(10-8-17)25(20)22-13-16(3,4)14-23-25;1-14(2)10-20-24(18,21-11-14)16-6-5-7-17(9-8-16)25(19)22-12-15(3,4)13-23-25;1-5-15(4)12-22-25(19,23-13-15)17-8-6-16(7-9-17)24(18)20-10-14(2,3)11-21-24;1-13(2)9-19-23(17,20-10-13)15-5-7-16(8-6-15)24(18)21-11-14(3,4)12-22-24/h5-14H2,1-4H3;5-14H2,1-4H3;2*5-13H2,1-4H3;5-12H2,1-4H3. The average molecular weight is 1980 g/mol. The largest absolute Gasteiger partial charge is 0.408 e. The quantitative estimate of drug-likeness (QED) is 0.155. The van der Waals surface area contributed by atoms with Crippen LogP contribution >= 0.6 is 77.2 Å². The Morgan fingerprint density at radius 3 is 0.512 bits per heavy atom. The molecule has 15 aliphatic rings. The van der Waals surface area contributed by atoms with Gasteiger partial charge in [-0.3, -0.25) is 86.0 Å². The van der Waals surface area contributed by atoms with Crippen LogP contribution in [0, 0.1) is 54.1 Å². The first kappa shape index (κ1) is 107. The molecule has 0 bridgehead atoms. The van der Waals surface area contributed by atoms with Gasteiger partial charge in [0.15, 0.2) is 0 Å². The third-order valence-corrected chi connectivity index (χ3v) is 46.2. The molecule has 15 heterocycles. The van der Waals surface area contributed by atoms with E-state index in [1.54, 1.807) is 42.0 Å². The smallest absolute Gasteiger partial charge is 0.317 e. The Balaban J connectivity index is 0.000000152. The number of hydrogen-bond donors (Lipinski definition) is 0. The molecule has 0 spiro atoms. The molecule has 125 heavy (non-hydrogen) atoms. The lowest BCUT2D eigenvalue weighted by Crippen LogP contribution is -2.47. The Morgan fingerprint density at radius 2 is 0.344 bits per heavy atom. The molecule has 730 valence electrons. The van der Waals surface area contributed by atoms with Crippen molar-refractivity contribution in [2.45, 2.75) is 177 Å². The molecule has 1 atom stereocenters. The van der Waals surface area contributed by atoms with Gasteiger partial charge in [0, 0.05) is 186 Å². The van der Waals surface area contributed by atoms with Gasteiger partial charge in [-0.15, -0.1) is 0 Å². The van der Waals surface area contributed by atoms with Crippen LogP contribution < -0.4 is 0 Å². The summed E-state index contributed by atoms with van der Waals surface area (Å²) in [6.07, 6.45) is 5.87. The molecule has 0 saturated carbocycles. The summed E-state index contributed by atoms with van der Waals surface area (Å²) in [5.41, 5.74) is -0.844. The van der Waals surface area contributed by atoms with Crippen LogP contribution in [0.5, 0.6) is 0 Å². The first-order chi connectivity index (χ1) is 57.9. The monoisotopic (exact) mass is 1980 g/mol. The van der Waals surface area contributed by atoms with Crippen molar-refractivity contribution < 1.29 is 132 Å². The lowest BCUT2D eigenvalue weighted by molar-refractivity contribution is -0.00537. The maximum Gasteiger partial charge on any atom is 0.408 e. The van der Waals surface area contributed by atoms with E-state index in [9.17, 15) is 45.7 Å². The van der Waals surface area contributed by atoms with Crippen molar-refractivity contribution in [3.05, 3.63) is 0 Å². The molecule has 1 unspecified atom stereocenters. The van der Waals surface area contributed by atoms with Crippen LogP contribution in [0.15, 0.2) is 0 Å². The van der Waals surface area contributed by atoms with Crippen molar-refractivity contribution in [3.63, 3.8) is 0 Å². The second kappa shape index (κ2) is 41.3. The molecule has 15 aliphatic heterocycles. The molecular weight excluding hydrogens is 1830 g/mol. The van der Waals surface area contributed by atoms with Crippen LogP contribution in [0.1, 0.15) is 177 Å². The van der Waals surface area contributed by atoms with Crippen molar-refractivity contribution >= 4 is 77.2 Å². The molecule has 39 nitrogen and oxygen atoms in total. The van der Waals surface area contributed by atoms with Crippen molar-refractivity contribution in [3.8, 4) is 0 Å². The third-order valence-electron chi connectivity index (χ3n) is 25.5. The van der Waals surface area contributed by atoms with Crippen LogP contribution in [-0.4, -0.2) is 309 Å². The van der Waals surface area contributed by atoms with Crippen LogP contribution in [0.4, 0.5) is 0 Å². The molecule has 15 rings (SSSR count). The highest BCUT2D eigenvalue weighted by molar-refractivity contribution is 7.56. The van der Waals surface area contributed by atoms with Gasteiger partial charge in [0.1, 0.15) is 0 Å². The molecule has 0 aliphatic carbocycles. The summed E-state index contributed by atoms with van der Waals surface area (Å²) < 4.78 is 254. The molecule has 15 fully saturated rings. The minimum atomic E-state index is -3.27. The third kappa shape index (κ3) is 27.6. The molecular formula is C76H152N10O29P10. The highest BCUT2D eigenvalue weighted by atomic mass is 31.2. The Bertz CT molecular complexity index is 3870. The summed E-state index contributed by atoms with van der Waals surface area (Å²) in [5.74, 6) is 0. The maximum absolute atomic E-state index is 13.3. The molecule has 0 N–H and O–H groups in total. The highest BCUT2D eigenvalue weighted by Gasteiger charge is 2.55. The Kier molecular flexibility index (Phi) is 35.2. The van der Waals surface area contributed by atoms with Gasteiger partial charge in [-0.05, 0) is 43.9 Å². The van der Waals surface area contributed by atoms with Crippen molar-refractivity contribution in [1.29, 1.82) is 0 Å². The van der Waals surface area contributed by atoms with Crippen molar-refractivity contribution in [2.24, 2.45) is 54.1 Å². The number of nitrogens with zero attached hydrogens (tertiary/aromatic N) is 10. The molecule has 0 aromatic rings. The SMILES string of the molecule is CC1(C)CCOP(=O)(N2CCN(P3(=O)OCC(C)(C)CO3)CC2)CC1.CC1(C)COP(=O)(N2CCCN(P3(=O)OCC(C)(C)CO3)CC2)OC1.CC1(C)COP(=O)(N2CCN(P3(=O)OCC(C)(C)CO3)CC2)OC1.CCC1(C)COP(=O)(N2CCN(P3(=O)OCC(C)(C)CO3)CC2)OC1.CCC1(C)COP(=O)(N2CCN(P3(=O)OCC(C)(CC)CO3)CC2)OC1. The van der Waals surface area contributed by atoms with Gasteiger partial charge in [0.25, 0.3) is 7.52 Å². The van der Waals surface area contributed by atoms with Crippen LogP contribution in [-0.2, 0) is 132 Å². The van der Waals surface area contributed by atoms with Gasteiger partial charge in [-0.1, -0.05) is 138 Å². The summed E-state index contributed by atoms with van der Waals surface area (Å²) in [4.78, 5) is 0. The van der Waals surface area contributed by atoms with Crippen LogP contribution in [0.25, 0.3) is 0 Å². The van der Waals surface area contributed by atoms with Crippen LogP contribution in [0.2, 0.25) is 0 Å². The van der Waals surface area contributed by atoms with E-state index in [0.29, 0.717) is 269 Å². The molecule has 0 aromatic heterocycles. The van der Waals surface area contributed by atoms with E-state index in [-0.39, 0.29) is 54.1 Å². The predicted molar refractivity (Wildman–Crippen MR) is 475 cm³/mol. The zero-order valence-electron chi connectivity index (χ0n) is 78.3. The Hall–Kier alpha value is 1.14. The second-order valence-corrected chi connectivity index (χ2v) is 63.1. The molecule has 0 radical (unpaired) electrons. The van der Waals surface area contributed by atoms with Gasteiger partial charge < -0.3 is 4.52 Å².